The zero-order valence-corrected chi connectivity index (χ0v) is 14.6. The topological polar surface area (TPSA) is 131 Å². The number of nitrogens with one attached hydrogen (secondary N) is 1. The van der Waals surface area contributed by atoms with Crippen LogP contribution in [-0.2, 0) is 16.0 Å². The first kappa shape index (κ1) is 17.6. The van der Waals surface area contributed by atoms with Crippen LogP contribution in [0.1, 0.15) is 12.0 Å². The molecule has 1 aromatic heterocycles. The number of aromatic nitrogens is 2. The summed E-state index contributed by atoms with van der Waals surface area (Å²) in [6.07, 6.45) is 0.462. The fourth-order valence-corrected chi connectivity index (χ4v) is 3.26. The van der Waals surface area contributed by atoms with Gasteiger partial charge >= 0.3 is 5.69 Å². The van der Waals surface area contributed by atoms with Crippen LogP contribution in [0.15, 0.2) is 41.0 Å². The van der Waals surface area contributed by atoms with Crippen LogP contribution in [0.5, 0.6) is 0 Å². The van der Waals surface area contributed by atoms with E-state index in [1.54, 1.807) is 0 Å². The summed E-state index contributed by atoms with van der Waals surface area (Å²) in [4.78, 5) is 36.6. The van der Waals surface area contributed by atoms with Gasteiger partial charge in [0.25, 0.3) is 0 Å². The Bertz CT molecular complexity index is 1090. The van der Waals surface area contributed by atoms with Gasteiger partial charge in [-0.05, 0) is 28.0 Å². The standard InChI is InChI=1S/C18H15N5O5/c24-12-9-11-3-1-2-4-14(11)22(10-12)16(25)7-8-19-13-5-6-15(23(26)27)18-17(13)20-28-21-18/h1-6,19H,7-10H2. The predicted molar refractivity (Wildman–Crippen MR) is 99.1 cm³/mol. The third kappa shape index (κ3) is 3.15. The molecule has 0 spiro atoms. The van der Waals surface area contributed by atoms with Gasteiger partial charge in [0.2, 0.25) is 11.4 Å². The number of non-ortho nitro benzene ring substituents is 1. The zero-order valence-electron chi connectivity index (χ0n) is 14.6. The molecule has 0 radical (unpaired) electrons. The molecule has 0 fully saturated rings. The van der Waals surface area contributed by atoms with Gasteiger partial charge in [0.05, 0.1) is 17.2 Å². The lowest BCUT2D eigenvalue weighted by Gasteiger charge is -2.28. The van der Waals surface area contributed by atoms with Gasteiger partial charge in [0, 0.05) is 31.1 Å². The first-order valence-corrected chi connectivity index (χ1v) is 8.58. The highest BCUT2D eigenvalue weighted by Crippen LogP contribution is 2.29. The summed E-state index contributed by atoms with van der Waals surface area (Å²) in [5, 5.41) is 21.3. The zero-order chi connectivity index (χ0) is 19.7. The summed E-state index contributed by atoms with van der Waals surface area (Å²) in [6.45, 7) is 0.316. The first-order chi connectivity index (χ1) is 13.5. The molecule has 0 aliphatic carbocycles. The van der Waals surface area contributed by atoms with Crippen LogP contribution in [0.3, 0.4) is 0 Å². The molecule has 4 rings (SSSR count). The molecule has 0 bridgehead atoms. The minimum absolute atomic E-state index is 0.00856. The van der Waals surface area contributed by atoms with Crippen molar-refractivity contribution < 1.29 is 19.1 Å². The molecule has 3 aromatic rings. The third-order valence-corrected chi connectivity index (χ3v) is 4.55. The van der Waals surface area contributed by atoms with Gasteiger partial charge in [0.15, 0.2) is 11.3 Å². The smallest absolute Gasteiger partial charge is 0.300 e. The lowest BCUT2D eigenvalue weighted by molar-refractivity contribution is -0.383. The molecular weight excluding hydrogens is 366 g/mol. The molecule has 1 aliphatic heterocycles. The Kier molecular flexibility index (Phi) is 4.44. The van der Waals surface area contributed by atoms with E-state index in [-0.39, 0.29) is 47.9 Å². The van der Waals surface area contributed by atoms with Gasteiger partial charge in [-0.25, -0.2) is 4.63 Å². The largest absolute Gasteiger partial charge is 0.383 e. The summed E-state index contributed by atoms with van der Waals surface area (Å²) >= 11 is 0. The second-order valence-corrected chi connectivity index (χ2v) is 6.35. The number of rotatable bonds is 5. The molecule has 10 heteroatoms. The normalized spacial score (nSPS) is 13.4. The Labute approximate surface area is 158 Å². The van der Waals surface area contributed by atoms with E-state index in [2.05, 4.69) is 20.3 Å². The quantitative estimate of drug-likeness (QED) is 0.525. The summed E-state index contributed by atoms with van der Waals surface area (Å²) in [5.74, 6) is -0.199. The molecule has 28 heavy (non-hydrogen) atoms. The maximum Gasteiger partial charge on any atom is 0.300 e. The minimum Gasteiger partial charge on any atom is -0.383 e. The fourth-order valence-electron chi connectivity index (χ4n) is 3.26. The maximum absolute atomic E-state index is 12.7. The van der Waals surface area contributed by atoms with E-state index in [1.165, 1.54) is 17.0 Å². The molecule has 0 unspecified atom stereocenters. The highest BCUT2D eigenvalue weighted by molar-refractivity contribution is 6.03. The van der Waals surface area contributed by atoms with Crippen LogP contribution < -0.4 is 10.2 Å². The molecule has 2 heterocycles. The van der Waals surface area contributed by atoms with Crippen LogP contribution >= 0.6 is 0 Å². The second-order valence-electron chi connectivity index (χ2n) is 6.35. The lowest BCUT2D eigenvalue weighted by Crippen LogP contribution is -2.40. The van der Waals surface area contributed by atoms with Crippen molar-refractivity contribution >= 4 is 39.8 Å². The molecule has 0 saturated carbocycles. The number of Topliss-reactive ketones (excluding diaryl/α,β-unsaturated/α-hetero) is 1. The number of benzene rings is 2. The SMILES string of the molecule is O=C1Cc2ccccc2N(C(=O)CCNc2ccc([N+](=O)[O-])c3nonc23)C1. The van der Waals surface area contributed by atoms with E-state index in [9.17, 15) is 19.7 Å². The van der Waals surface area contributed by atoms with Crippen molar-refractivity contribution in [3.63, 3.8) is 0 Å². The van der Waals surface area contributed by atoms with Crippen LogP contribution in [0.2, 0.25) is 0 Å². The Morgan fingerprint density at radius 3 is 2.82 bits per heavy atom. The number of hydrogen-bond donors (Lipinski definition) is 1. The highest BCUT2D eigenvalue weighted by Gasteiger charge is 2.26. The number of ketones is 1. The van der Waals surface area contributed by atoms with Crippen molar-refractivity contribution in [1.82, 2.24) is 10.3 Å². The Morgan fingerprint density at radius 1 is 1.21 bits per heavy atom. The van der Waals surface area contributed by atoms with E-state index in [0.717, 1.165) is 11.3 Å². The van der Waals surface area contributed by atoms with Gasteiger partial charge in [0.1, 0.15) is 0 Å². The molecule has 0 saturated heterocycles. The Hall–Kier alpha value is -3.82. The molecule has 2 aromatic carbocycles. The molecule has 10 nitrogen and oxygen atoms in total. The van der Waals surface area contributed by atoms with Crippen molar-refractivity contribution in [3.05, 3.63) is 52.1 Å². The number of fused-ring (bicyclic) bond motifs is 2. The first-order valence-electron chi connectivity index (χ1n) is 8.58. The number of nitro groups is 1. The van der Waals surface area contributed by atoms with Crippen LogP contribution in [0.4, 0.5) is 17.1 Å². The van der Waals surface area contributed by atoms with Crippen molar-refractivity contribution in [2.75, 3.05) is 23.3 Å². The van der Waals surface area contributed by atoms with E-state index < -0.39 is 4.92 Å². The second kappa shape index (κ2) is 7.06. The molecule has 0 atom stereocenters. The molecule has 1 N–H and O–H groups in total. The molecule has 1 amide bonds. The van der Waals surface area contributed by atoms with Gasteiger partial charge in [-0.1, -0.05) is 18.2 Å². The van der Waals surface area contributed by atoms with Crippen molar-refractivity contribution in [3.8, 4) is 0 Å². The summed E-state index contributed by atoms with van der Waals surface area (Å²) < 4.78 is 4.61. The third-order valence-electron chi connectivity index (χ3n) is 4.55. The summed E-state index contributed by atoms with van der Waals surface area (Å²) in [6, 6.07) is 10.1. The highest BCUT2D eigenvalue weighted by atomic mass is 16.6. The van der Waals surface area contributed by atoms with E-state index in [1.807, 2.05) is 24.3 Å². The van der Waals surface area contributed by atoms with Crippen molar-refractivity contribution in [2.24, 2.45) is 0 Å². The van der Waals surface area contributed by atoms with Crippen LogP contribution in [-0.4, -0.2) is 40.0 Å². The van der Waals surface area contributed by atoms with Gasteiger partial charge in [-0.2, -0.15) is 0 Å². The van der Waals surface area contributed by atoms with Gasteiger partial charge in [-0.15, -0.1) is 0 Å². The minimum atomic E-state index is -0.565. The molecular formula is C18H15N5O5. The number of amides is 1. The number of nitro benzene ring substituents is 1. The van der Waals surface area contributed by atoms with E-state index >= 15 is 0 Å². The Balaban J connectivity index is 1.46. The van der Waals surface area contributed by atoms with Gasteiger partial charge in [-0.3, -0.25) is 19.7 Å². The lowest BCUT2D eigenvalue weighted by atomic mass is 10.0. The monoisotopic (exact) mass is 381 g/mol. The molecule has 142 valence electrons. The summed E-state index contributed by atoms with van der Waals surface area (Å²) in [7, 11) is 0. The van der Waals surface area contributed by atoms with E-state index in [4.69, 9.17) is 0 Å². The number of hydrogen-bond acceptors (Lipinski definition) is 8. The number of carbonyl (C=O) groups is 2. The number of carbonyl (C=O) groups excluding carboxylic acids is 2. The van der Waals surface area contributed by atoms with Gasteiger partial charge < -0.3 is 10.2 Å². The Morgan fingerprint density at radius 2 is 2.00 bits per heavy atom. The van der Waals surface area contributed by atoms with Crippen LogP contribution in [0, 0.1) is 10.1 Å². The predicted octanol–water partition coefficient (Wildman–Crippen LogP) is 2.09. The summed E-state index contributed by atoms with van der Waals surface area (Å²) in [5.41, 5.74) is 2.12. The molecule has 1 aliphatic rings. The number of para-hydroxylation sites is 1. The van der Waals surface area contributed by atoms with E-state index in [0.29, 0.717) is 12.1 Å². The number of anilines is 2. The number of nitrogens with zero attached hydrogens (tertiary/aromatic N) is 4. The average Bonchev–Trinajstić information content (AvgIpc) is 3.17. The van der Waals surface area contributed by atoms with Crippen LogP contribution in [0.25, 0.3) is 11.0 Å². The van der Waals surface area contributed by atoms with Crippen molar-refractivity contribution in [1.29, 1.82) is 0 Å². The average molecular weight is 381 g/mol. The maximum atomic E-state index is 12.7. The van der Waals surface area contributed by atoms with Crippen molar-refractivity contribution in [2.45, 2.75) is 12.8 Å². The fraction of sp³-hybridized carbons (Fsp3) is 0.222.